The molecule has 0 aliphatic heterocycles. The fourth-order valence-electron chi connectivity index (χ4n) is 2.19. The number of nitrogens with two attached hydrogens (primary N) is 1. The monoisotopic (exact) mass is 173 g/mol. The van der Waals surface area contributed by atoms with Gasteiger partial charge in [-0.3, -0.25) is 0 Å². The van der Waals surface area contributed by atoms with E-state index in [0.717, 1.165) is 19.3 Å². The quantitative estimate of drug-likeness (QED) is 0.561. The van der Waals surface area contributed by atoms with Gasteiger partial charge in [0.25, 0.3) is 0 Å². The zero-order valence-electron chi connectivity index (χ0n) is 7.45. The smallest absolute Gasteiger partial charge is 0.0459 e. The van der Waals surface area contributed by atoms with Gasteiger partial charge in [0, 0.05) is 13.2 Å². The third-order valence-electron chi connectivity index (χ3n) is 2.85. The minimum absolute atomic E-state index is 0.243. The Morgan fingerprint density at radius 1 is 0.917 bits per heavy atom. The van der Waals surface area contributed by atoms with Crippen LogP contribution in [0.1, 0.15) is 19.3 Å². The normalized spacial score (nSPS) is 36.8. The van der Waals surface area contributed by atoms with Crippen LogP contribution in [0.4, 0.5) is 0 Å². The first-order valence-corrected chi connectivity index (χ1v) is 4.71. The van der Waals surface area contributed by atoms with Crippen LogP contribution in [-0.2, 0) is 0 Å². The van der Waals surface area contributed by atoms with Crippen molar-refractivity contribution in [1.29, 1.82) is 0 Å². The summed E-state index contributed by atoms with van der Waals surface area (Å²) in [4.78, 5) is 0. The first kappa shape index (κ1) is 9.96. The Hall–Kier alpha value is -0.120. The van der Waals surface area contributed by atoms with Crippen molar-refractivity contribution in [3.05, 3.63) is 0 Å². The van der Waals surface area contributed by atoms with E-state index in [0.29, 0.717) is 24.3 Å². The Labute approximate surface area is 73.6 Å². The summed E-state index contributed by atoms with van der Waals surface area (Å²) in [5.41, 5.74) is 5.57. The summed E-state index contributed by atoms with van der Waals surface area (Å²) in [5.74, 6) is 1.24. The van der Waals surface area contributed by atoms with Gasteiger partial charge in [-0.1, -0.05) is 0 Å². The molecule has 1 aliphatic rings. The van der Waals surface area contributed by atoms with E-state index in [9.17, 15) is 0 Å². The summed E-state index contributed by atoms with van der Waals surface area (Å²) in [6.07, 6.45) is 3.02. The van der Waals surface area contributed by atoms with E-state index >= 15 is 0 Å². The molecule has 1 fully saturated rings. The Balaban J connectivity index is 2.41. The predicted octanol–water partition coefficient (Wildman–Crippen LogP) is -0.0378. The van der Waals surface area contributed by atoms with Crippen LogP contribution >= 0.6 is 0 Å². The first-order valence-electron chi connectivity index (χ1n) is 4.71. The molecular weight excluding hydrogens is 154 g/mol. The molecule has 0 saturated heterocycles. The van der Waals surface area contributed by atoms with Crippen molar-refractivity contribution in [2.45, 2.75) is 19.3 Å². The third kappa shape index (κ3) is 2.44. The topological polar surface area (TPSA) is 66.5 Å². The second-order valence-electron chi connectivity index (χ2n) is 3.91. The Kier molecular flexibility index (Phi) is 3.98. The third-order valence-corrected chi connectivity index (χ3v) is 2.85. The van der Waals surface area contributed by atoms with Gasteiger partial charge in [-0.05, 0) is 43.6 Å². The van der Waals surface area contributed by atoms with Crippen LogP contribution in [0.3, 0.4) is 0 Å². The Morgan fingerprint density at radius 2 is 1.33 bits per heavy atom. The molecule has 0 aromatic heterocycles. The molecule has 0 radical (unpaired) electrons. The molecule has 1 saturated carbocycles. The van der Waals surface area contributed by atoms with Gasteiger partial charge in [0.05, 0.1) is 0 Å². The van der Waals surface area contributed by atoms with Crippen LogP contribution in [0.2, 0.25) is 0 Å². The van der Waals surface area contributed by atoms with Crippen LogP contribution in [-0.4, -0.2) is 30.0 Å². The van der Waals surface area contributed by atoms with E-state index in [1.807, 2.05) is 0 Å². The van der Waals surface area contributed by atoms with Crippen molar-refractivity contribution in [2.75, 3.05) is 19.8 Å². The van der Waals surface area contributed by atoms with E-state index in [1.165, 1.54) is 0 Å². The number of aliphatic hydroxyl groups excluding tert-OH is 2. The number of hydrogen-bond acceptors (Lipinski definition) is 3. The van der Waals surface area contributed by atoms with Crippen LogP contribution in [0.5, 0.6) is 0 Å². The van der Waals surface area contributed by atoms with Crippen molar-refractivity contribution < 1.29 is 10.2 Å². The maximum Gasteiger partial charge on any atom is 0.0459 e. The summed E-state index contributed by atoms with van der Waals surface area (Å²) in [6, 6.07) is 0. The van der Waals surface area contributed by atoms with Gasteiger partial charge in [0.15, 0.2) is 0 Å². The van der Waals surface area contributed by atoms with Crippen molar-refractivity contribution in [1.82, 2.24) is 0 Å². The highest BCUT2D eigenvalue weighted by Gasteiger charge is 2.26. The molecule has 3 nitrogen and oxygen atoms in total. The highest BCUT2D eigenvalue weighted by Crippen LogP contribution is 2.32. The van der Waals surface area contributed by atoms with Crippen LogP contribution < -0.4 is 5.73 Å². The van der Waals surface area contributed by atoms with E-state index in [-0.39, 0.29) is 13.2 Å². The lowest BCUT2D eigenvalue weighted by molar-refractivity contribution is 0.0927. The fourth-order valence-corrected chi connectivity index (χ4v) is 2.19. The van der Waals surface area contributed by atoms with E-state index in [1.54, 1.807) is 0 Å². The summed E-state index contributed by atoms with van der Waals surface area (Å²) >= 11 is 0. The fraction of sp³-hybridized carbons (Fsp3) is 1.00. The van der Waals surface area contributed by atoms with Gasteiger partial charge >= 0.3 is 0 Å². The number of rotatable bonds is 3. The van der Waals surface area contributed by atoms with Gasteiger partial charge in [-0.15, -0.1) is 0 Å². The molecule has 12 heavy (non-hydrogen) atoms. The van der Waals surface area contributed by atoms with Crippen LogP contribution in [0, 0.1) is 17.8 Å². The van der Waals surface area contributed by atoms with Gasteiger partial charge in [0.1, 0.15) is 0 Å². The van der Waals surface area contributed by atoms with E-state index in [2.05, 4.69) is 0 Å². The molecule has 3 heteroatoms. The lowest BCUT2D eigenvalue weighted by atomic mass is 9.76. The maximum atomic E-state index is 9.00. The molecule has 0 heterocycles. The zero-order chi connectivity index (χ0) is 8.97. The molecule has 0 amide bonds. The standard InChI is InChI=1S/C9H19NO2/c10-4-7-1-8(5-11)3-9(2-7)6-12/h7-9,11-12H,1-6,10H2/t8-,9-/m1/s1. The molecule has 72 valence electrons. The molecule has 0 bridgehead atoms. The highest BCUT2D eigenvalue weighted by molar-refractivity contribution is 4.78. The molecular formula is C9H19NO2. The zero-order valence-corrected chi connectivity index (χ0v) is 7.45. The van der Waals surface area contributed by atoms with Gasteiger partial charge in [0.2, 0.25) is 0 Å². The minimum atomic E-state index is 0.243. The van der Waals surface area contributed by atoms with Crippen molar-refractivity contribution in [2.24, 2.45) is 23.5 Å². The molecule has 0 aromatic rings. The molecule has 1 aliphatic carbocycles. The second kappa shape index (κ2) is 4.80. The minimum Gasteiger partial charge on any atom is -0.396 e. The van der Waals surface area contributed by atoms with Crippen LogP contribution in [0.15, 0.2) is 0 Å². The second-order valence-corrected chi connectivity index (χ2v) is 3.91. The number of hydrogen-bond donors (Lipinski definition) is 3. The molecule has 0 spiro atoms. The van der Waals surface area contributed by atoms with Gasteiger partial charge in [-0.25, -0.2) is 0 Å². The van der Waals surface area contributed by atoms with Gasteiger partial charge < -0.3 is 15.9 Å². The molecule has 0 unspecified atom stereocenters. The van der Waals surface area contributed by atoms with E-state index < -0.39 is 0 Å². The predicted molar refractivity (Wildman–Crippen MR) is 47.5 cm³/mol. The first-order chi connectivity index (χ1) is 5.80. The SMILES string of the molecule is NCC1C[C@@H](CO)C[C@H](CO)C1. The molecule has 2 atom stereocenters. The maximum absolute atomic E-state index is 9.00. The lowest BCUT2D eigenvalue weighted by Crippen LogP contribution is -2.30. The Morgan fingerprint density at radius 3 is 1.67 bits per heavy atom. The van der Waals surface area contributed by atoms with E-state index in [4.69, 9.17) is 15.9 Å². The average Bonchev–Trinajstić information content (AvgIpc) is 2.16. The lowest BCUT2D eigenvalue weighted by Gasteiger charge is -2.32. The van der Waals surface area contributed by atoms with Crippen LogP contribution in [0.25, 0.3) is 0 Å². The molecule has 0 aromatic carbocycles. The number of aliphatic hydroxyl groups is 2. The average molecular weight is 173 g/mol. The van der Waals surface area contributed by atoms with Crippen molar-refractivity contribution in [3.8, 4) is 0 Å². The van der Waals surface area contributed by atoms with Crippen molar-refractivity contribution in [3.63, 3.8) is 0 Å². The molecule has 4 N–H and O–H groups in total. The summed E-state index contributed by atoms with van der Waals surface area (Å²) < 4.78 is 0. The Bertz CT molecular complexity index is 99.9. The largest absolute Gasteiger partial charge is 0.396 e. The van der Waals surface area contributed by atoms with Gasteiger partial charge in [-0.2, -0.15) is 0 Å². The highest BCUT2D eigenvalue weighted by atomic mass is 16.3. The summed E-state index contributed by atoms with van der Waals surface area (Å²) in [7, 11) is 0. The van der Waals surface area contributed by atoms with Crippen molar-refractivity contribution >= 4 is 0 Å². The summed E-state index contributed by atoms with van der Waals surface area (Å²) in [6.45, 7) is 1.17. The molecule has 1 rings (SSSR count). The summed E-state index contributed by atoms with van der Waals surface area (Å²) in [5, 5.41) is 18.0.